The Balaban J connectivity index is 1.81. The van der Waals surface area contributed by atoms with Gasteiger partial charge < -0.3 is 4.42 Å². The van der Waals surface area contributed by atoms with Gasteiger partial charge in [0.15, 0.2) is 0 Å². The molecule has 1 saturated heterocycles. The minimum absolute atomic E-state index is 0.160. The second-order valence-corrected chi connectivity index (χ2v) is 9.05. The largest absolute Gasteiger partial charge is 0.469 e. The van der Waals surface area contributed by atoms with Crippen LogP contribution in [0.15, 0.2) is 42.9 Å². The summed E-state index contributed by atoms with van der Waals surface area (Å²) in [6.45, 7) is 1.04. The van der Waals surface area contributed by atoms with Crippen molar-refractivity contribution in [3.63, 3.8) is 0 Å². The molecular formula is C12H12BrNO3S2. The maximum absolute atomic E-state index is 12.4. The molecule has 4 nitrogen and oxygen atoms in total. The molecule has 0 spiro atoms. The van der Waals surface area contributed by atoms with Gasteiger partial charge in [0.25, 0.3) is 10.0 Å². The van der Waals surface area contributed by atoms with Crippen LogP contribution in [0, 0.1) is 0 Å². The molecule has 0 bridgehead atoms. The van der Waals surface area contributed by atoms with Gasteiger partial charge in [-0.25, -0.2) is 8.42 Å². The molecular weight excluding hydrogens is 350 g/mol. The first kappa shape index (κ1) is 13.4. The Labute approximate surface area is 124 Å². The summed E-state index contributed by atoms with van der Waals surface area (Å²) >= 11 is 4.54. The molecule has 0 saturated carbocycles. The summed E-state index contributed by atoms with van der Waals surface area (Å²) in [6.07, 6.45) is 2.43. The molecule has 1 aliphatic rings. The van der Waals surface area contributed by atoms with Crippen molar-refractivity contribution in [2.45, 2.75) is 16.5 Å². The van der Waals surface area contributed by atoms with Crippen LogP contribution in [0.5, 0.6) is 0 Å². The molecule has 7 heteroatoms. The lowest BCUT2D eigenvalue weighted by Crippen LogP contribution is -2.28. The Kier molecular flexibility index (Phi) is 3.55. The summed E-state index contributed by atoms with van der Waals surface area (Å²) in [4.78, 5) is 0. The fraction of sp³-hybridized carbons (Fsp3) is 0.333. The lowest BCUT2D eigenvalue weighted by atomic mass is 10.1. The monoisotopic (exact) mass is 361 g/mol. The van der Waals surface area contributed by atoms with Gasteiger partial charge in [-0.05, 0) is 46.6 Å². The van der Waals surface area contributed by atoms with Crippen molar-refractivity contribution in [1.82, 2.24) is 4.31 Å². The van der Waals surface area contributed by atoms with Crippen LogP contribution in [0.1, 0.15) is 18.1 Å². The van der Waals surface area contributed by atoms with Gasteiger partial charge in [-0.15, -0.1) is 11.3 Å². The Bertz CT molecular complexity index is 663. The minimum atomic E-state index is -3.36. The lowest BCUT2D eigenvalue weighted by molar-refractivity contribution is 0.446. The molecule has 0 N–H and O–H groups in total. The van der Waals surface area contributed by atoms with Crippen molar-refractivity contribution in [2.75, 3.05) is 13.1 Å². The summed E-state index contributed by atoms with van der Waals surface area (Å²) in [5.41, 5.74) is 0. The van der Waals surface area contributed by atoms with E-state index in [2.05, 4.69) is 15.9 Å². The van der Waals surface area contributed by atoms with Crippen LogP contribution in [0.4, 0.5) is 0 Å². The third-order valence-electron chi connectivity index (χ3n) is 3.24. The first-order valence-electron chi connectivity index (χ1n) is 5.86. The van der Waals surface area contributed by atoms with E-state index in [1.54, 1.807) is 22.7 Å². The molecule has 19 heavy (non-hydrogen) atoms. The maximum Gasteiger partial charge on any atom is 0.252 e. The fourth-order valence-electron chi connectivity index (χ4n) is 2.27. The summed E-state index contributed by atoms with van der Waals surface area (Å²) in [6, 6.07) is 7.15. The van der Waals surface area contributed by atoms with E-state index < -0.39 is 10.0 Å². The highest BCUT2D eigenvalue weighted by Crippen LogP contribution is 2.34. The van der Waals surface area contributed by atoms with Gasteiger partial charge in [0.2, 0.25) is 0 Å². The van der Waals surface area contributed by atoms with Crippen LogP contribution in [-0.2, 0) is 10.0 Å². The first-order valence-corrected chi connectivity index (χ1v) is 8.91. The van der Waals surface area contributed by atoms with E-state index in [0.717, 1.165) is 16.0 Å². The zero-order valence-corrected chi connectivity index (χ0v) is 13.2. The molecule has 2 aromatic heterocycles. The van der Waals surface area contributed by atoms with Crippen LogP contribution in [0.25, 0.3) is 0 Å². The van der Waals surface area contributed by atoms with E-state index in [1.165, 1.54) is 11.3 Å². The Morgan fingerprint density at radius 3 is 2.84 bits per heavy atom. The normalized spacial score (nSPS) is 21.0. The summed E-state index contributed by atoms with van der Waals surface area (Å²) in [5.74, 6) is 1.03. The highest BCUT2D eigenvalue weighted by Gasteiger charge is 2.35. The predicted molar refractivity (Wildman–Crippen MR) is 76.8 cm³/mol. The molecule has 1 unspecified atom stereocenters. The zero-order valence-electron chi connectivity index (χ0n) is 9.95. The second-order valence-electron chi connectivity index (χ2n) is 4.42. The highest BCUT2D eigenvalue weighted by molar-refractivity contribution is 9.11. The molecule has 1 aliphatic heterocycles. The van der Waals surface area contributed by atoms with Crippen molar-refractivity contribution in [1.29, 1.82) is 0 Å². The molecule has 102 valence electrons. The van der Waals surface area contributed by atoms with Gasteiger partial charge in [0, 0.05) is 19.0 Å². The summed E-state index contributed by atoms with van der Waals surface area (Å²) in [5, 5.41) is 0. The zero-order chi connectivity index (χ0) is 13.5. The number of furan rings is 1. The Morgan fingerprint density at radius 1 is 1.37 bits per heavy atom. The molecule has 1 fully saturated rings. The van der Waals surface area contributed by atoms with E-state index in [0.29, 0.717) is 17.3 Å². The van der Waals surface area contributed by atoms with Crippen molar-refractivity contribution >= 4 is 37.3 Å². The van der Waals surface area contributed by atoms with Gasteiger partial charge in [0.1, 0.15) is 9.97 Å². The van der Waals surface area contributed by atoms with Crippen molar-refractivity contribution in [3.05, 3.63) is 40.1 Å². The summed E-state index contributed by atoms with van der Waals surface area (Å²) in [7, 11) is -3.36. The third-order valence-corrected chi connectivity index (χ3v) is 7.20. The van der Waals surface area contributed by atoms with Gasteiger partial charge in [-0.1, -0.05) is 0 Å². The number of rotatable bonds is 3. The molecule has 0 aromatic carbocycles. The van der Waals surface area contributed by atoms with Crippen LogP contribution >= 0.6 is 27.3 Å². The van der Waals surface area contributed by atoms with Gasteiger partial charge in [-0.2, -0.15) is 4.31 Å². The van der Waals surface area contributed by atoms with Crippen molar-refractivity contribution in [2.24, 2.45) is 0 Å². The second kappa shape index (κ2) is 5.05. The Hall–Kier alpha value is -0.630. The molecule has 1 atom stereocenters. The quantitative estimate of drug-likeness (QED) is 0.842. The molecule has 3 rings (SSSR count). The predicted octanol–water partition coefficient (Wildman–Crippen LogP) is 3.28. The van der Waals surface area contributed by atoms with Crippen LogP contribution in [-0.4, -0.2) is 25.8 Å². The van der Waals surface area contributed by atoms with Crippen molar-refractivity contribution in [3.8, 4) is 0 Å². The number of nitrogens with zero attached hydrogens (tertiary/aromatic N) is 1. The molecule has 0 radical (unpaired) electrons. The van der Waals surface area contributed by atoms with E-state index in [9.17, 15) is 8.42 Å². The molecule has 0 aliphatic carbocycles. The van der Waals surface area contributed by atoms with Crippen LogP contribution in [0.3, 0.4) is 0 Å². The fourth-order valence-corrected chi connectivity index (χ4v) is 5.93. The number of thiophene rings is 1. The Morgan fingerprint density at radius 2 is 2.21 bits per heavy atom. The summed E-state index contributed by atoms with van der Waals surface area (Å²) < 4.78 is 33.0. The number of hydrogen-bond donors (Lipinski definition) is 0. The number of sulfonamides is 1. The van der Waals surface area contributed by atoms with E-state index >= 15 is 0 Å². The standard InChI is InChI=1S/C12H12BrNO3S2/c13-11-3-4-12(18-11)19(15,16)14-6-5-9(8-14)10-2-1-7-17-10/h1-4,7,9H,5-6,8H2. The first-order chi connectivity index (χ1) is 9.07. The van der Waals surface area contributed by atoms with Gasteiger partial charge in [0.05, 0.1) is 10.0 Å². The van der Waals surface area contributed by atoms with Gasteiger partial charge in [-0.3, -0.25) is 0 Å². The minimum Gasteiger partial charge on any atom is -0.469 e. The topological polar surface area (TPSA) is 50.5 Å². The van der Waals surface area contributed by atoms with E-state index in [-0.39, 0.29) is 5.92 Å². The van der Waals surface area contributed by atoms with Crippen molar-refractivity contribution < 1.29 is 12.8 Å². The third kappa shape index (κ3) is 2.52. The molecule has 2 aromatic rings. The number of hydrogen-bond acceptors (Lipinski definition) is 4. The average Bonchev–Trinajstić information content (AvgIpc) is 3.10. The van der Waals surface area contributed by atoms with E-state index in [1.807, 2.05) is 12.1 Å². The van der Waals surface area contributed by atoms with Gasteiger partial charge >= 0.3 is 0 Å². The maximum atomic E-state index is 12.4. The number of halogens is 1. The molecule has 3 heterocycles. The average molecular weight is 362 g/mol. The molecule has 0 amide bonds. The SMILES string of the molecule is O=S(=O)(c1ccc(Br)s1)N1CCC(c2ccco2)C1. The smallest absolute Gasteiger partial charge is 0.252 e. The van der Waals surface area contributed by atoms with Crippen LogP contribution < -0.4 is 0 Å². The van der Waals surface area contributed by atoms with E-state index in [4.69, 9.17) is 4.42 Å². The lowest BCUT2D eigenvalue weighted by Gasteiger charge is -2.14. The highest BCUT2D eigenvalue weighted by atomic mass is 79.9. The van der Waals surface area contributed by atoms with Crippen LogP contribution in [0.2, 0.25) is 0 Å².